The Labute approximate surface area is 174 Å². The Balaban J connectivity index is 1.58. The van der Waals surface area contributed by atoms with E-state index in [1.807, 2.05) is 20.8 Å². The summed E-state index contributed by atoms with van der Waals surface area (Å²) in [5.41, 5.74) is 5.73. The van der Waals surface area contributed by atoms with Crippen molar-refractivity contribution < 1.29 is 4.79 Å². The first-order valence-corrected chi connectivity index (χ1v) is 11.4. The quantitative estimate of drug-likeness (QED) is 0.447. The number of aromatic nitrogens is 2. The molecule has 0 saturated carbocycles. The number of fused-ring (bicyclic) bond motifs is 3. The molecule has 0 fully saturated rings. The number of benzene rings is 1. The third-order valence-electron chi connectivity index (χ3n) is 5.30. The van der Waals surface area contributed by atoms with Crippen LogP contribution in [-0.4, -0.2) is 21.1 Å². The Bertz CT molecular complexity index is 1030. The topological polar surface area (TPSA) is 54.9 Å². The van der Waals surface area contributed by atoms with Crippen molar-refractivity contribution in [2.75, 3.05) is 5.32 Å². The molecule has 6 heteroatoms. The van der Waals surface area contributed by atoms with Crippen LogP contribution in [0.1, 0.15) is 46.9 Å². The molecule has 0 spiro atoms. The van der Waals surface area contributed by atoms with Crippen LogP contribution < -0.4 is 5.32 Å². The van der Waals surface area contributed by atoms with Gasteiger partial charge in [-0.1, -0.05) is 29.5 Å². The zero-order valence-corrected chi connectivity index (χ0v) is 18.4. The van der Waals surface area contributed by atoms with Crippen LogP contribution in [0.25, 0.3) is 10.2 Å². The summed E-state index contributed by atoms with van der Waals surface area (Å²) in [6.45, 7) is 8.11. The number of aryl methyl sites for hydroxylation is 5. The van der Waals surface area contributed by atoms with E-state index in [2.05, 4.69) is 34.3 Å². The van der Waals surface area contributed by atoms with E-state index in [-0.39, 0.29) is 11.2 Å². The highest BCUT2D eigenvalue weighted by Gasteiger charge is 2.23. The number of thiophene rings is 1. The van der Waals surface area contributed by atoms with Gasteiger partial charge >= 0.3 is 0 Å². The van der Waals surface area contributed by atoms with Gasteiger partial charge in [0.2, 0.25) is 5.91 Å². The standard InChI is InChI=1S/C22H25N3OS2/c1-12-9-13(2)19(14(3)10-12)25-20(26)15(4)27-21-18-16-7-5-6-8-17(16)28-22(18)24-11-23-21/h9-11,15H,5-8H2,1-4H3,(H,25,26)/t15-/m1/s1. The SMILES string of the molecule is Cc1cc(C)c(NC(=O)[C@@H](C)Sc2ncnc3sc4c(c23)CCCC4)c(C)c1. The molecule has 2 aromatic heterocycles. The number of nitrogens with one attached hydrogen (secondary N) is 1. The molecular weight excluding hydrogens is 386 g/mol. The molecule has 4 nitrogen and oxygen atoms in total. The Morgan fingerprint density at radius 2 is 1.86 bits per heavy atom. The smallest absolute Gasteiger partial charge is 0.237 e. The van der Waals surface area contributed by atoms with Gasteiger partial charge in [0.25, 0.3) is 0 Å². The van der Waals surface area contributed by atoms with Gasteiger partial charge in [0.05, 0.1) is 5.25 Å². The minimum Gasteiger partial charge on any atom is -0.325 e. The van der Waals surface area contributed by atoms with Crippen molar-refractivity contribution in [2.24, 2.45) is 0 Å². The van der Waals surface area contributed by atoms with E-state index < -0.39 is 0 Å². The van der Waals surface area contributed by atoms with Crippen molar-refractivity contribution in [1.29, 1.82) is 0 Å². The van der Waals surface area contributed by atoms with Gasteiger partial charge in [-0.3, -0.25) is 4.79 Å². The van der Waals surface area contributed by atoms with Gasteiger partial charge < -0.3 is 5.32 Å². The average Bonchev–Trinajstić information content (AvgIpc) is 3.04. The maximum absolute atomic E-state index is 12.9. The van der Waals surface area contributed by atoms with Gasteiger partial charge in [-0.05, 0) is 70.1 Å². The molecule has 28 heavy (non-hydrogen) atoms. The number of carbonyl (C=O) groups is 1. The van der Waals surface area contributed by atoms with Crippen LogP contribution in [0.3, 0.4) is 0 Å². The van der Waals surface area contributed by atoms with E-state index in [1.54, 1.807) is 17.7 Å². The van der Waals surface area contributed by atoms with Crippen molar-refractivity contribution in [3.8, 4) is 0 Å². The second-order valence-corrected chi connectivity index (χ2v) is 10.0. The van der Waals surface area contributed by atoms with Crippen LogP contribution in [0.5, 0.6) is 0 Å². The van der Waals surface area contributed by atoms with Crippen molar-refractivity contribution in [3.05, 3.63) is 45.6 Å². The molecule has 0 saturated heterocycles. The molecule has 2 heterocycles. The molecule has 1 N–H and O–H groups in total. The monoisotopic (exact) mass is 411 g/mol. The molecule has 1 amide bonds. The first-order valence-electron chi connectivity index (χ1n) is 9.74. The van der Waals surface area contributed by atoms with Crippen molar-refractivity contribution in [2.45, 2.75) is 63.7 Å². The van der Waals surface area contributed by atoms with Crippen LogP contribution >= 0.6 is 23.1 Å². The molecule has 1 atom stereocenters. The summed E-state index contributed by atoms with van der Waals surface area (Å²) < 4.78 is 0. The van der Waals surface area contributed by atoms with Crippen LogP contribution in [0.2, 0.25) is 0 Å². The first-order chi connectivity index (χ1) is 13.4. The Kier molecular flexibility index (Phi) is 5.43. The largest absolute Gasteiger partial charge is 0.325 e. The number of nitrogens with zero attached hydrogens (tertiary/aromatic N) is 2. The van der Waals surface area contributed by atoms with E-state index in [9.17, 15) is 4.79 Å². The van der Waals surface area contributed by atoms with Gasteiger partial charge in [0.15, 0.2) is 0 Å². The number of rotatable bonds is 4. The summed E-state index contributed by atoms with van der Waals surface area (Å²) >= 11 is 3.33. The highest BCUT2D eigenvalue weighted by Crippen LogP contribution is 2.40. The van der Waals surface area contributed by atoms with E-state index in [4.69, 9.17) is 0 Å². The predicted octanol–water partition coefficient (Wildman–Crippen LogP) is 5.61. The molecule has 146 valence electrons. The number of amides is 1. The minimum atomic E-state index is -0.239. The van der Waals surface area contributed by atoms with Crippen molar-refractivity contribution in [3.63, 3.8) is 0 Å². The summed E-state index contributed by atoms with van der Waals surface area (Å²) in [4.78, 5) is 24.4. The molecule has 0 bridgehead atoms. The van der Waals surface area contributed by atoms with Gasteiger partial charge in [-0.2, -0.15) is 0 Å². The van der Waals surface area contributed by atoms with E-state index in [1.165, 1.54) is 46.0 Å². The van der Waals surface area contributed by atoms with Crippen LogP contribution in [0.15, 0.2) is 23.5 Å². The van der Waals surface area contributed by atoms with Crippen molar-refractivity contribution in [1.82, 2.24) is 9.97 Å². The second kappa shape index (κ2) is 7.84. The van der Waals surface area contributed by atoms with Gasteiger partial charge in [-0.25, -0.2) is 9.97 Å². The number of carbonyl (C=O) groups excluding carboxylic acids is 1. The highest BCUT2D eigenvalue weighted by molar-refractivity contribution is 8.00. The zero-order valence-electron chi connectivity index (χ0n) is 16.8. The van der Waals surface area contributed by atoms with Gasteiger partial charge in [0, 0.05) is 16.0 Å². The third kappa shape index (κ3) is 3.67. The molecule has 3 aromatic rings. The molecule has 1 aromatic carbocycles. The second-order valence-electron chi connectivity index (χ2n) is 7.59. The van der Waals surface area contributed by atoms with Crippen LogP contribution in [-0.2, 0) is 17.6 Å². The first kappa shape index (κ1) is 19.4. The maximum Gasteiger partial charge on any atom is 0.237 e. The maximum atomic E-state index is 12.9. The number of hydrogen-bond acceptors (Lipinski definition) is 5. The average molecular weight is 412 g/mol. The Morgan fingerprint density at radius 1 is 1.14 bits per heavy atom. The summed E-state index contributed by atoms with van der Waals surface area (Å²) in [7, 11) is 0. The Hall–Kier alpha value is -1.92. The lowest BCUT2D eigenvalue weighted by Crippen LogP contribution is -2.23. The summed E-state index contributed by atoms with van der Waals surface area (Å²) in [5.74, 6) is 0.0101. The predicted molar refractivity (Wildman–Crippen MR) is 119 cm³/mol. The number of thioether (sulfide) groups is 1. The minimum absolute atomic E-state index is 0.0101. The molecule has 0 radical (unpaired) electrons. The summed E-state index contributed by atoms with van der Waals surface area (Å²) in [6, 6.07) is 4.21. The van der Waals surface area contributed by atoms with Crippen LogP contribution in [0, 0.1) is 20.8 Å². The Morgan fingerprint density at radius 3 is 2.61 bits per heavy atom. The van der Waals surface area contributed by atoms with E-state index >= 15 is 0 Å². The zero-order chi connectivity index (χ0) is 19.8. The fraction of sp³-hybridized carbons (Fsp3) is 0.409. The summed E-state index contributed by atoms with van der Waals surface area (Å²) in [5, 5.41) is 5.00. The summed E-state index contributed by atoms with van der Waals surface area (Å²) in [6.07, 6.45) is 6.34. The fourth-order valence-corrected chi connectivity index (χ4v) is 6.21. The third-order valence-corrected chi connectivity index (χ3v) is 7.60. The highest BCUT2D eigenvalue weighted by atomic mass is 32.2. The normalized spacial score (nSPS) is 14.7. The number of anilines is 1. The van der Waals surface area contributed by atoms with Crippen LogP contribution in [0.4, 0.5) is 5.69 Å². The van der Waals surface area contributed by atoms with Gasteiger partial charge in [-0.15, -0.1) is 11.3 Å². The molecule has 0 aliphatic heterocycles. The van der Waals surface area contributed by atoms with E-state index in [0.717, 1.165) is 39.5 Å². The molecule has 4 rings (SSSR count). The fourth-order valence-electron chi connectivity index (χ4n) is 3.97. The number of hydrogen-bond donors (Lipinski definition) is 1. The van der Waals surface area contributed by atoms with E-state index in [0.29, 0.717) is 0 Å². The lowest BCUT2D eigenvalue weighted by atomic mass is 9.97. The lowest BCUT2D eigenvalue weighted by molar-refractivity contribution is -0.115. The van der Waals surface area contributed by atoms with Gasteiger partial charge in [0.1, 0.15) is 16.2 Å². The molecule has 1 aliphatic rings. The molecule has 1 aliphatic carbocycles. The molecular formula is C22H25N3OS2. The van der Waals surface area contributed by atoms with Crippen molar-refractivity contribution >= 4 is 44.9 Å². The lowest BCUT2D eigenvalue weighted by Gasteiger charge is -2.16. The molecule has 0 unspecified atom stereocenters.